The summed E-state index contributed by atoms with van der Waals surface area (Å²) >= 11 is 0. The minimum atomic E-state index is -0.487. The lowest BCUT2D eigenvalue weighted by Crippen LogP contribution is -2.48. The van der Waals surface area contributed by atoms with Gasteiger partial charge in [-0.1, -0.05) is 12.1 Å². The lowest BCUT2D eigenvalue weighted by atomic mass is 10.0. The number of carbonyl (C=O) groups is 1. The van der Waals surface area contributed by atoms with Gasteiger partial charge in [0, 0.05) is 6.54 Å². The lowest BCUT2D eigenvalue weighted by molar-refractivity contribution is 0.00313. The number of hydrogen-bond acceptors (Lipinski definition) is 4. The molecule has 1 atom stereocenters. The lowest BCUT2D eigenvalue weighted by Gasteiger charge is -2.36. The molecule has 0 radical (unpaired) electrons. The van der Waals surface area contributed by atoms with E-state index in [0.29, 0.717) is 19.2 Å². The fourth-order valence-electron chi connectivity index (χ4n) is 2.91. The van der Waals surface area contributed by atoms with Crippen molar-refractivity contribution in [2.24, 2.45) is 0 Å². The molecule has 0 unspecified atom stereocenters. The van der Waals surface area contributed by atoms with Crippen molar-refractivity contribution >= 4 is 17.1 Å². The number of H-pyrrole nitrogens is 1. The molecule has 6 heteroatoms. The first kappa shape index (κ1) is 16.6. The summed E-state index contributed by atoms with van der Waals surface area (Å²) in [4.78, 5) is 21.8. The van der Waals surface area contributed by atoms with Crippen LogP contribution in [0.4, 0.5) is 4.79 Å². The van der Waals surface area contributed by atoms with E-state index in [-0.39, 0.29) is 12.1 Å². The van der Waals surface area contributed by atoms with E-state index in [9.17, 15) is 4.79 Å². The maximum absolute atomic E-state index is 12.4. The van der Waals surface area contributed by atoms with Crippen molar-refractivity contribution in [1.82, 2.24) is 14.9 Å². The Morgan fingerprint density at radius 2 is 2.12 bits per heavy atom. The van der Waals surface area contributed by atoms with E-state index in [1.165, 1.54) is 0 Å². The Balaban J connectivity index is 1.64. The number of nitrogens with zero attached hydrogens (tertiary/aromatic N) is 2. The molecule has 24 heavy (non-hydrogen) atoms. The largest absolute Gasteiger partial charge is 0.463 e. The van der Waals surface area contributed by atoms with Crippen molar-refractivity contribution in [3.63, 3.8) is 0 Å². The SMILES string of the molecule is CC(C)(C)OC(=O)N1CCCC[C@@H]1COc1nc2ccccc2[nH]1. The Kier molecular flexibility index (Phi) is 4.64. The van der Waals surface area contributed by atoms with E-state index in [1.807, 2.05) is 45.0 Å². The first-order chi connectivity index (χ1) is 11.4. The second-order valence-corrected chi connectivity index (χ2v) is 7.19. The number of amides is 1. The summed E-state index contributed by atoms with van der Waals surface area (Å²) < 4.78 is 11.3. The highest BCUT2D eigenvalue weighted by atomic mass is 16.6. The summed E-state index contributed by atoms with van der Waals surface area (Å²) in [7, 11) is 0. The quantitative estimate of drug-likeness (QED) is 0.930. The summed E-state index contributed by atoms with van der Waals surface area (Å²) in [5, 5.41) is 0. The van der Waals surface area contributed by atoms with Crippen LogP contribution in [-0.4, -0.2) is 45.8 Å². The molecule has 0 saturated carbocycles. The number of piperidine rings is 1. The third-order valence-electron chi connectivity index (χ3n) is 4.04. The Morgan fingerprint density at radius 3 is 2.88 bits per heavy atom. The number of nitrogens with one attached hydrogen (secondary N) is 1. The molecule has 0 aliphatic carbocycles. The van der Waals surface area contributed by atoms with E-state index in [2.05, 4.69) is 9.97 Å². The maximum Gasteiger partial charge on any atom is 0.410 e. The van der Waals surface area contributed by atoms with Gasteiger partial charge >= 0.3 is 6.09 Å². The van der Waals surface area contributed by atoms with Gasteiger partial charge in [-0.15, -0.1) is 0 Å². The molecular weight excluding hydrogens is 306 g/mol. The van der Waals surface area contributed by atoms with Gasteiger partial charge in [-0.2, -0.15) is 4.98 Å². The van der Waals surface area contributed by atoms with Crippen LogP contribution in [0.5, 0.6) is 6.01 Å². The first-order valence-electron chi connectivity index (χ1n) is 8.49. The minimum absolute atomic E-state index is 0.0156. The number of aromatic amines is 1. The fraction of sp³-hybridized carbons (Fsp3) is 0.556. The zero-order valence-corrected chi connectivity index (χ0v) is 14.5. The van der Waals surface area contributed by atoms with Gasteiger partial charge in [0.05, 0.1) is 17.1 Å². The molecule has 1 aromatic heterocycles. The molecule has 6 nitrogen and oxygen atoms in total. The Labute approximate surface area is 142 Å². The molecule has 1 aliphatic rings. The van der Waals surface area contributed by atoms with Crippen LogP contribution in [0.1, 0.15) is 40.0 Å². The van der Waals surface area contributed by atoms with Gasteiger partial charge in [0.1, 0.15) is 12.2 Å². The number of benzene rings is 1. The van der Waals surface area contributed by atoms with Crippen molar-refractivity contribution < 1.29 is 14.3 Å². The fourth-order valence-corrected chi connectivity index (χ4v) is 2.91. The second-order valence-electron chi connectivity index (χ2n) is 7.19. The monoisotopic (exact) mass is 331 g/mol. The molecule has 1 fully saturated rings. The molecule has 1 amide bonds. The standard InChI is InChI=1S/C18H25N3O3/c1-18(2,3)24-17(22)21-11-7-6-8-13(21)12-23-16-19-14-9-4-5-10-15(14)20-16/h4-5,9-10,13H,6-8,11-12H2,1-3H3,(H,19,20)/t13-/m1/s1. The number of aromatic nitrogens is 2. The number of para-hydroxylation sites is 2. The van der Waals surface area contributed by atoms with Gasteiger partial charge in [0.15, 0.2) is 0 Å². The molecule has 1 N–H and O–H groups in total. The second kappa shape index (κ2) is 6.71. The van der Waals surface area contributed by atoms with Crippen LogP contribution in [0.25, 0.3) is 11.0 Å². The maximum atomic E-state index is 12.4. The van der Waals surface area contributed by atoms with Crippen LogP contribution in [-0.2, 0) is 4.74 Å². The molecule has 0 bridgehead atoms. The summed E-state index contributed by atoms with van der Waals surface area (Å²) in [6, 6.07) is 8.30. The molecule has 2 heterocycles. The van der Waals surface area contributed by atoms with Crippen molar-refractivity contribution in [3.8, 4) is 6.01 Å². The summed E-state index contributed by atoms with van der Waals surface area (Å²) in [5.41, 5.74) is 1.33. The topological polar surface area (TPSA) is 67.4 Å². The van der Waals surface area contributed by atoms with Crippen LogP contribution in [0.15, 0.2) is 24.3 Å². The third-order valence-corrected chi connectivity index (χ3v) is 4.04. The predicted octanol–water partition coefficient (Wildman–Crippen LogP) is 3.73. The number of ether oxygens (including phenoxy) is 2. The molecule has 1 aromatic carbocycles. The Bertz CT molecular complexity index is 672. The highest BCUT2D eigenvalue weighted by molar-refractivity contribution is 5.75. The van der Waals surface area contributed by atoms with Gasteiger partial charge in [-0.25, -0.2) is 4.79 Å². The van der Waals surface area contributed by atoms with Crippen molar-refractivity contribution in [2.45, 2.75) is 51.7 Å². The van der Waals surface area contributed by atoms with Gasteiger partial charge < -0.3 is 19.4 Å². The van der Waals surface area contributed by atoms with Crippen molar-refractivity contribution in [3.05, 3.63) is 24.3 Å². The Morgan fingerprint density at radius 1 is 1.33 bits per heavy atom. The molecular formula is C18H25N3O3. The van der Waals surface area contributed by atoms with Crippen LogP contribution in [0, 0.1) is 0 Å². The van der Waals surface area contributed by atoms with Crippen LogP contribution < -0.4 is 4.74 Å². The number of likely N-dealkylation sites (tertiary alicyclic amines) is 1. The summed E-state index contributed by atoms with van der Waals surface area (Å²) in [6.45, 7) is 6.78. The van der Waals surface area contributed by atoms with E-state index in [4.69, 9.17) is 9.47 Å². The minimum Gasteiger partial charge on any atom is -0.463 e. The van der Waals surface area contributed by atoms with Crippen LogP contribution >= 0.6 is 0 Å². The molecule has 130 valence electrons. The zero-order valence-electron chi connectivity index (χ0n) is 14.5. The van der Waals surface area contributed by atoms with Gasteiger partial charge in [-0.05, 0) is 52.2 Å². The number of carbonyl (C=O) groups excluding carboxylic acids is 1. The average molecular weight is 331 g/mol. The van der Waals surface area contributed by atoms with Crippen molar-refractivity contribution in [2.75, 3.05) is 13.2 Å². The van der Waals surface area contributed by atoms with E-state index >= 15 is 0 Å². The molecule has 1 aliphatic heterocycles. The highest BCUT2D eigenvalue weighted by Crippen LogP contribution is 2.22. The zero-order chi connectivity index (χ0) is 17.2. The van der Waals surface area contributed by atoms with Crippen LogP contribution in [0.2, 0.25) is 0 Å². The van der Waals surface area contributed by atoms with Gasteiger partial charge in [-0.3, -0.25) is 0 Å². The van der Waals surface area contributed by atoms with E-state index < -0.39 is 5.60 Å². The van der Waals surface area contributed by atoms with E-state index in [1.54, 1.807) is 4.90 Å². The van der Waals surface area contributed by atoms with Gasteiger partial charge in [0.25, 0.3) is 6.01 Å². The Hall–Kier alpha value is -2.24. The smallest absolute Gasteiger partial charge is 0.410 e. The molecule has 1 saturated heterocycles. The predicted molar refractivity (Wildman–Crippen MR) is 92.2 cm³/mol. The molecule has 0 spiro atoms. The van der Waals surface area contributed by atoms with E-state index in [0.717, 1.165) is 30.3 Å². The summed E-state index contributed by atoms with van der Waals surface area (Å²) in [6.07, 6.45) is 2.74. The number of imidazole rings is 1. The van der Waals surface area contributed by atoms with Crippen molar-refractivity contribution in [1.29, 1.82) is 0 Å². The van der Waals surface area contributed by atoms with Crippen LogP contribution in [0.3, 0.4) is 0 Å². The number of rotatable bonds is 3. The van der Waals surface area contributed by atoms with Gasteiger partial charge in [0.2, 0.25) is 0 Å². The average Bonchev–Trinajstić information content (AvgIpc) is 2.94. The first-order valence-corrected chi connectivity index (χ1v) is 8.49. The number of fused-ring (bicyclic) bond motifs is 1. The summed E-state index contributed by atoms with van der Waals surface area (Å²) in [5.74, 6) is 0. The normalized spacial score (nSPS) is 18.6. The highest BCUT2D eigenvalue weighted by Gasteiger charge is 2.31. The molecule has 3 rings (SSSR count). The molecule has 2 aromatic rings. The third kappa shape index (κ3) is 3.99. The number of hydrogen-bond donors (Lipinski definition) is 1.